The Morgan fingerprint density at radius 1 is 1.20 bits per heavy atom. The molecule has 104 valence electrons. The maximum absolute atomic E-state index is 13.6. The molecule has 2 aromatic rings. The molecule has 1 unspecified atom stereocenters. The number of alkyl halides is 1. The monoisotopic (exact) mass is 335 g/mol. The van der Waals surface area contributed by atoms with Gasteiger partial charge in [-0.25, -0.2) is 4.39 Å². The van der Waals surface area contributed by atoms with E-state index in [1.807, 2.05) is 12.1 Å². The van der Waals surface area contributed by atoms with E-state index in [1.54, 1.807) is 37.3 Å². The minimum Gasteiger partial charge on any atom is -0.345 e. The molecule has 2 aromatic carbocycles. The highest BCUT2D eigenvalue weighted by atomic mass is 79.9. The van der Waals surface area contributed by atoms with Crippen LogP contribution in [0, 0.1) is 5.82 Å². The Bertz CT molecular complexity index is 598. The summed E-state index contributed by atoms with van der Waals surface area (Å²) in [6.45, 7) is 1.77. The van der Waals surface area contributed by atoms with Gasteiger partial charge >= 0.3 is 0 Å². The molecule has 20 heavy (non-hydrogen) atoms. The van der Waals surface area contributed by atoms with Crippen LogP contribution in [0.4, 0.5) is 4.39 Å². The second kappa shape index (κ2) is 6.66. The molecule has 0 aliphatic heterocycles. The summed E-state index contributed by atoms with van der Waals surface area (Å²) in [6, 6.07) is 13.4. The molecule has 2 nitrogen and oxygen atoms in total. The number of halogens is 2. The average Bonchev–Trinajstić information content (AvgIpc) is 2.47. The van der Waals surface area contributed by atoms with Gasteiger partial charge in [-0.1, -0.05) is 46.3 Å². The summed E-state index contributed by atoms with van der Waals surface area (Å²) in [5, 5.41) is 3.55. The van der Waals surface area contributed by atoms with E-state index in [0.717, 1.165) is 10.9 Å². The van der Waals surface area contributed by atoms with Gasteiger partial charge < -0.3 is 5.32 Å². The third kappa shape index (κ3) is 3.45. The zero-order valence-electron chi connectivity index (χ0n) is 11.1. The van der Waals surface area contributed by atoms with Crippen LogP contribution >= 0.6 is 15.9 Å². The fourth-order valence-electron chi connectivity index (χ4n) is 1.93. The van der Waals surface area contributed by atoms with Gasteiger partial charge in [0.05, 0.1) is 6.04 Å². The lowest BCUT2D eigenvalue weighted by Gasteiger charge is -2.15. The Balaban J connectivity index is 2.09. The fraction of sp³-hybridized carbons (Fsp3) is 0.188. The molecule has 0 radical (unpaired) electrons. The largest absolute Gasteiger partial charge is 0.345 e. The van der Waals surface area contributed by atoms with Crippen LogP contribution < -0.4 is 5.32 Å². The molecule has 1 N–H and O–H groups in total. The van der Waals surface area contributed by atoms with Gasteiger partial charge in [0.15, 0.2) is 0 Å². The summed E-state index contributed by atoms with van der Waals surface area (Å²) in [7, 11) is 0. The number of carbonyl (C=O) groups excluding carboxylic acids is 1. The van der Waals surface area contributed by atoms with Crippen LogP contribution in [0.5, 0.6) is 0 Å². The van der Waals surface area contributed by atoms with E-state index in [4.69, 9.17) is 0 Å². The van der Waals surface area contributed by atoms with Crippen molar-refractivity contribution in [3.63, 3.8) is 0 Å². The van der Waals surface area contributed by atoms with Crippen LogP contribution in [0.1, 0.15) is 34.5 Å². The molecule has 0 saturated heterocycles. The summed E-state index contributed by atoms with van der Waals surface area (Å²) in [5.41, 5.74) is 2.15. The van der Waals surface area contributed by atoms with E-state index in [9.17, 15) is 9.18 Å². The van der Waals surface area contributed by atoms with E-state index in [-0.39, 0.29) is 17.8 Å². The molecule has 0 aliphatic carbocycles. The van der Waals surface area contributed by atoms with Crippen molar-refractivity contribution in [3.8, 4) is 0 Å². The van der Waals surface area contributed by atoms with Gasteiger partial charge in [0, 0.05) is 16.5 Å². The van der Waals surface area contributed by atoms with Crippen molar-refractivity contribution in [1.82, 2.24) is 5.32 Å². The molecule has 4 heteroatoms. The van der Waals surface area contributed by atoms with E-state index in [1.165, 1.54) is 6.07 Å². The lowest BCUT2D eigenvalue weighted by molar-refractivity contribution is 0.0939. The number of benzene rings is 2. The van der Waals surface area contributed by atoms with Crippen LogP contribution in [0.2, 0.25) is 0 Å². The average molecular weight is 336 g/mol. The summed E-state index contributed by atoms with van der Waals surface area (Å²) in [4.78, 5) is 12.1. The Labute approximate surface area is 126 Å². The third-order valence-electron chi connectivity index (χ3n) is 3.09. The first kappa shape index (κ1) is 14.7. The zero-order chi connectivity index (χ0) is 14.5. The van der Waals surface area contributed by atoms with E-state index >= 15 is 0 Å². The molecule has 2 rings (SSSR count). The maximum Gasteiger partial charge on any atom is 0.251 e. The topological polar surface area (TPSA) is 29.1 Å². The molecule has 0 aliphatic rings. The second-order valence-electron chi connectivity index (χ2n) is 4.55. The summed E-state index contributed by atoms with van der Waals surface area (Å²) >= 11 is 3.36. The Hall–Kier alpha value is -1.68. The standard InChI is InChI=1S/C16H15BrFNO/c1-11(14-4-2-3-5-15(14)18)19-16(20)13-8-6-12(10-17)7-9-13/h2-9,11H,10H2,1H3,(H,19,20). The van der Waals surface area contributed by atoms with Crippen molar-refractivity contribution >= 4 is 21.8 Å². The van der Waals surface area contributed by atoms with Gasteiger partial charge in [0.2, 0.25) is 0 Å². The minimum atomic E-state index is -0.375. The van der Waals surface area contributed by atoms with Crippen molar-refractivity contribution in [3.05, 3.63) is 71.0 Å². The molecule has 0 aromatic heterocycles. The quantitative estimate of drug-likeness (QED) is 0.833. The number of amides is 1. The SMILES string of the molecule is CC(NC(=O)c1ccc(CBr)cc1)c1ccccc1F. The molecule has 0 bridgehead atoms. The smallest absolute Gasteiger partial charge is 0.251 e. The fourth-order valence-corrected chi connectivity index (χ4v) is 2.30. The predicted octanol–water partition coefficient (Wildman–Crippen LogP) is 4.21. The summed E-state index contributed by atoms with van der Waals surface area (Å²) in [5.74, 6) is -0.517. The third-order valence-corrected chi connectivity index (χ3v) is 3.74. The van der Waals surface area contributed by atoms with Crippen LogP contribution in [0.3, 0.4) is 0 Å². The zero-order valence-corrected chi connectivity index (χ0v) is 12.7. The van der Waals surface area contributed by atoms with Crippen LogP contribution in [-0.4, -0.2) is 5.91 Å². The van der Waals surface area contributed by atoms with Crippen molar-refractivity contribution in [2.45, 2.75) is 18.3 Å². The first-order valence-electron chi connectivity index (χ1n) is 6.32. The van der Waals surface area contributed by atoms with Crippen LogP contribution in [0.25, 0.3) is 0 Å². The lowest BCUT2D eigenvalue weighted by Crippen LogP contribution is -2.27. The highest BCUT2D eigenvalue weighted by molar-refractivity contribution is 9.08. The van der Waals surface area contributed by atoms with Gasteiger partial charge in [-0.3, -0.25) is 4.79 Å². The Morgan fingerprint density at radius 3 is 2.45 bits per heavy atom. The predicted molar refractivity (Wildman–Crippen MR) is 81.4 cm³/mol. The van der Waals surface area contributed by atoms with Crippen molar-refractivity contribution in [1.29, 1.82) is 0 Å². The Morgan fingerprint density at radius 2 is 1.85 bits per heavy atom. The van der Waals surface area contributed by atoms with Crippen LogP contribution in [-0.2, 0) is 5.33 Å². The van der Waals surface area contributed by atoms with Crippen molar-refractivity contribution in [2.24, 2.45) is 0 Å². The molecule has 0 fully saturated rings. The Kier molecular flexibility index (Phi) is 4.90. The minimum absolute atomic E-state index is 0.207. The number of nitrogens with one attached hydrogen (secondary N) is 1. The number of carbonyl (C=O) groups is 1. The number of hydrogen-bond donors (Lipinski definition) is 1. The maximum atomic E-state index is 13.6. The van der Waals surface area contributed by atoms with Crippen LogP contribution in [0.15, 0.2) is 48.5 Å². The molecule has 0 spiro atoms. The summed E-state index contributed by atoms with van der Waals surface area (Å²) < 4.78 is 13.6. The van der Waals surface area contributed by atoms with E-state index < -0.39 is 0 Å². The van der Waals surface area contributed by atoms with Crippen molar-refractivity contribution in [2.75, 3.05) is 0 Å². The normalized spacial score (nSPS) is 11.9. The van der Waals surface area contributed by atoms with Gasteiger partial charge in [-0.05, 0) is 30.7 Å². The molecular weight excluding hydrogens is 321 g/mol. The van der Waals surface area contributed by atoms with Gasteiger partial charge in [-0.15, -0.1) is 0 Å². The molecule has 0 heterocycles. The van der Waals surface area contributed by atoms with Crippen molar-refractivity contribution < 1.29 is 9.18 Å². The lowest BCUT2D eigenvalue weighted by atomic mass is 10.1. The van der Waals surface area contributed by atoms with Gasteiger partial charge in [-0.2, -0.15) is 0 Å². The molecular formula is C16H15BrFNO. The first-order chi connectivity index (χ1) is 9.61. The molecule has 1 amide bonds. The summed E-state index contributed by atoms with van der Waals surface area (Å²) in [6.07, 6.45) is 0. The van der Waals surface area contributed by atoms with E-state index in [0.29, 0.717) is 11.1 Å². The highest BCUT2D eigenvalue weighted by Crippen LogP contribution is 2.17. The number of rotatable bonds is 4. The van der Waals surface area contributed by atoms with Gasteiger partial charge in [0.25, 0.3) is 5.91 Å². The van der Waals surface area contributed by atoms with E-state index in [2.05, 4.69) is 21.2 Å². The highest BCUT2D eigenvalue weighted by Gasteiger charge is 2.14. The molecule has 0 saturated carbocycles. The molecule has 1 atom stereocenters. The number of hydrogen-bond acceptors (Lipinski definition) is 1. The first-order valence-corrected chi connectivity index (χ1v) is 7.44. The van der Waals surface area contributed by atoms with Gasteiger partial charge in [0.1, 0.15) is 5.82 Å². The second-order valence-corrected chi connectivity index (χ2v) is 5.11.